The summed E-state index contributed by atoms with van der Waals surface area (Å²) in [7, 11) is 0. The average molecular weight is 302 g/mol. The lowest BCUT2D eigenvalue weighted by Gasteiger charge is -2.23. The molecule has 21 heavy (non-hydrogen) atoms. The standard InChI is InChI=1S/C18H26N2S/c1-4-5-7-12-17(16-10-8-6-9-11-16)20-15(3)18-19-13-14(2)21-18/h6,8-11,13,15,17,20H,4-5,7,12H2,1-3H3. The SMILES string of the molecule is CCCCCC(NC(C)c1ncc(C)s1)c1ccccc1. The highest BCUT2D eigenvalue weighted by Crippen LogP contribution is 2.26. The van der Waals surface area contributed by atoms with E-state index in [0.29, 0.717) is 12.1 Å². The van der Waals surface area contributed by atoms with Crippen LogP contribution in [0.15, 0.2) is 36.5 Å². The van der Waals surface area contributed by atoms with Gasteiger partial charge in [0.2, 0.25) is 0 Å². The molecule has 0 aliphatic carbocycles. The molecule has 0 bridgehead atoms. The molecule has 0 saturated heterocycles. The molecule has 2 aromatic rings. The maximum absolute atomic E-state index is 4.51. The number of aryl methyl sites for hydroxylation is 1. The average Bonchev–Trinajstić information content (AvgIpc) is 2.94. The van der Waals surface area contributed by atoms with Gasteiger partial charge in [-0.2, -0.15) is 0 Å². The molecule has 1 aromatic heterocycles. The Labute approximate surface area is 132 Å². The van der Waals surface area contributed by atoms with Crippen molar-refractivity contribution in [2.75, 3.05) is 0 Å². The van der Waals surface area contributed by atoms with Crippen LogP contribution in [0.25, 0.3) is 0 Å². The Bertz CT molecular complexity index is 521. The number of benzene rings is 1. The van der Waals surface area contributed by atoms with Gasteiger partial charge in [-0.3, -0.25) is 0 Å². The number of rotatable bonds is 8. The van der Waals surface area contributed by atoms with Crippen LogP contribution in [0.3, 0.4) is 0 Å². The van der Waals surface area contributed by atoms with E-state index >= 15 is 0 Å². The van der Waals surface area contributed by atoms with Crippen LogP contribution in [0.2, 0.25) is 0 Å². The van der Waals surface area contributed by atoms with Crippen LogP contribution in [0.4, 0.5) is 0 Å². The third-order valence-electron chi connectivity index (χ3n) is 3.76. The number of aromatic nitrogens is 1. The summed E-state index contributed by atoms with van der Waals surface area (Å²) in [6.45, 7) is 6.59. The summed E-state index contributed by atoms with van der Waals surface area (Å²) in [4.78, 5) is 5.79. The summed E-state index contributed by atoms with van der Waals surface area (Å²) in [6.07, 6.45) is 6.99. The Hall–Kier alpha value is -1.19. The van der Waals surface area contributed by atoms with E-state index in [-0.39, 0.29) is 0 Å². The first kappa shape index (κ1) is 16.2. The van der Waals surface area contributed by atoms with Gasteiger partial charge in [-0.15, -0.1) is 11.3 Å². The van der Waals surface area contributed by atoms with Crippen LogP contribution >= 0.6 is 11.3 Å². The first-order valence-electron chi connectivity index (χ1n) is 7.94. The Morgan fingerprint density at radius 1 is 1.19 bits per heavy atom. The van der Waals surface area contributed by atoms with Crippen LogP contribution in [0, 0.1) is 6.92 Å². The third kappa shape index (κ3) is 4.94. The topological polar surface area (TPSA) is 24.9 Å². The molecule has 114 valence electrons. The Balaban J connectivity index is 2.04. The number of nitrogens with one attached hydrogen (secondary N) is 1. The molecular weight excluding hydrogens is 276 g/mol. The molecule has 2 rings (SSSR count). The van der Waals surface area contributed by atoms with Gasteiger partial charge in [-0.05, 0) is 25.8 Å². The van der Waals surface area contributed by atoms with E-state index in [9.17, 15) is 0 Å². The zero-order valence-electron chi connectivity index (χ0n) is 13.3. The minimum Gasteiger partial charge on any atom is -0.301 e. The zero-order chi connectivity index (χ0) is 15.1. The Morgan fingerprint density at radius 2 is 1.95 bits per heavy atom. The highest BCUT2D eigenvalue weighted by Gasteiger charge is 2.16. The first-order chi connectivity index (χ1) is 10.2. The number of unbranched alkanes of at least 4 members (excludes halogenated alkanes) is 2. The lowest BCUT2D eigenvalue weighted by Crippen LogP contribution is -2.24. The Morgan fingerprint density at radius 3 is 2.57 bits per heavy atom. The molecule has 0 radical (unpaired) electrons. The predicted molar refractivity (Wildman–Crippen MR) is 91.7 cm³/mol. The first-order valence-corrected chi connectivity index (χ1v) is 8.75. The van der Waals surface area contributed by atoms with Gasteiger partial charge in [0.25, 0.3) is 0 Å². The van der Waals surface area contributed by atoms with Gasteiger partial charge in [-0.1, -0.05) is 56.5 Å². The van der Waals surface area contributed by atoms with Crippen molar-refractivity contribution < 1.29 is 0 Å². The molecule has 2 atom stereocenters. The van der Waals surface area contributed by atoms with E-state index in [0.717, 1.165) is 0 Å². The molecule has 1 aromatic carbocycles. The Kier molecular flexibility index (Phi) is 6.40. The fraction of sp³-hybridized carbons (Fsp3) is 0.500. The summed E-state index contributed by atoms with van der Waals surface area (Å²) in [5, 5.41) is 4.95. The van der Waals surface area contributed by atoms with Crippen LogP contribution in [-0.2, 0) is 0 Å². The van der Waals surface area contributed by atoms with E-state index in [4.69, 9.17) is 0 Å². The zero-order valence-corrected chi connectivity index (χ0v) is 14.1. The molecule has 0 aliphatic rings. The lowest BCUT2D eigenvalue weighted by molar-refractivity contribution is 0.426. The number of hydrogen-bond acceptors (Lipinski definition) is 3. The van der Waals surface area contributed by atoms with Crippen molar-refractivity contribution in [3.8, 4) is 0 Å². The van der Waals surface area contributed by atoms with Crippen molar-refractivity contribution in [3.05, 3.63) is 52.0 Å². The minimum atomic E-state index is 0.301. The van der Waals surface area contributed by atoms with E-state index < -0.39 is 0 Å². The molecule has 3 heteroatoms. The van der Waals surface area contributed by atoms with Crippen molar-refractivity contribution in [2.24, 2.45) is 0 Å². The third-order valence-corrected chi connectivity index (χ3v) is 4.85. The molecule has 1 N–H and O–H groups in total. The fourth-order valence-corrected chi connectivity index (χ4v) is 3.36. The molecule has 2 nitrogen and oxygen atoms in total. The predicted octanol–water partition coefficient (Wildman–Crippen LogP) is 5.42. The van der Waals surface area contributed by atoms with E-state index in [2.05, 4.69) is 61.4 Å². The quantitative estimate of drug-likeness (QED) is 0.658. The highest BCUT2D eigenvalue weighted by atomic mass is 32.1. The summed E-state index contributed by atoms with van der Waals surface area (Å²) in [6, 6.07) is 11.5. The van der Waals surface area contributed by atoms with Crippen molar-refractivity contribution >= 4 is 11.3 Å². The fourth-order valence-electron chi connectivity index (χ4n) is 2.58. The summed E-state index contributed by atoms with van der Waals surface area (Å²) < 4.78 is 0. The van der Waals surface area contributed by atoms with Crippen molar-refractivity contribution in [2.45, 2.75) is 58.5 Å². The van der Waals surface area contributed by atoms with Crippen molar-refractivity contribution in [1.82, 2.24) is 10.3 Å². The maximum Gasteiger partial charge on any atom is 0.109 e. The summed E-state index contributed by atoms with van der Waals surface area (Å²) >= 11 is 1.79. The van der Waals surface area contributed by atoms with Crippen LogP contribution < -0.4 is 5.32 Å². The summed E-state index contributed by atoms with van der Waals surface area (Å²) in [5.41, 5.74) is 1.38. The van der Waals surface area contributed by atoms with E-state index in [1.54, 1.807) is 11.3 Å². The van der Waals surface area contributed by atoms with Crippen LogP contribution in [0.1, 0.15) is 67.1 Å². The highest BCUT2D eigenvalue weighted by molar-refractivity contribution is 7.11. The second-order valence-corrected chi connectivity index (χ2v) is 6.92. The van der Waals surface area contributed by atoms with Gasteiger partial charge in [-0.25, -0.2) is 4.98 Å². The van der Waals surface area contributed by atoms with Gasteiger partial charge in [0.05, 0.1) is 6.04 Å². The normalized spacial score (nSPS) is 14.0. The molecule has 2 unspecified atom stereocenters. The van der Waals surface area contributed by atoms with E-state index in [1.807, 2.05) is 6.20 Å². The van der Waals surface area contributed by atoms with Gasteiger partial charge in [0.1, 0.15) is 5.01 Å². The molecule has 0 spiro atoms. The molecular formula is C18H26N2S. The minimum absolute atomic E-state index is 0.301. The second-order valence-electron chi connectivity index (χ2n) is 5.66. The van der Waals surface area contributed by atoms with Crippen molar-refractivity contribution in [3.63, 3.8) is 0 Å². The molecule has 0 amide bonds. The maximum atomic E-state index is 4.51. The molecule has 0 saturated carbocycles. The second kappa shape index (κ2) is 8.30. The van der Waals surface area contributed by atoms with Crippen LogP contribution in [-0.4, -0.2) is 4.98 Å². The lowest BCUT2D eigenvalue weighted by atomic mass is 9.99. The summed E-state index contributed by atoms with van der Waals surface area (Å²) in [5.74, 6) is 0. The van der Waals surface area contributed by atoms with Crippen molar-refractivity contribution in [1.29, 1.82) is 0 Å². The van der Waals surface area contributed by atoms with Gasteiger partial charge < -0.3 is 5.32 Å². The number of nitrogens with zero attached hydrogens (tertiary/aromatic N) is 1. The number of thiazole rings is 1. The van der Waals surface area contributed by atoms with Gasteiger partial charge in [0, 0.05) is 17.1 Å². The van der Waals surface area contributed by atoms with E-state index in [1.165, 1.54) is 41.1 Å². The number of hydrogen-bond donors (Lipinski definition) is 1. The smallest absolute Gasteiger partial charge is 0.109 e. The van der Waals surface area contributed by atoms with Gasteiger partial charge in [0.15, 0.2) is 0 Å². The molecule has 0 aliphatic heterocycles. The molecule has 0 fully saturated rings. The molecule has 1 heterocycles. The largest absolute Gasteiger partial charge is 0.301 e. The monoisotopic (exact) mass is 302 g/mol. The van der Waals surface area contributed by atoms with Gasteiger partial charge >= 0.3 is 0 Å². The van der Waals surface area contributed by atoms with Crippen LogP contribution in [0.5, 0.6) is 0 Å².